The largest absolute Gasteiger partial charge is 0.508 e. The highest BCUT2D eigenvalue weighted by Gasteiger charge is 2.16. The maximum Gasteiger partial charge on any atom is 0.272 e. The zero-order valence-corrected chi connectivity index (χ0v) is 13.6. The van der Waals surface area contributed by atoms with Gasteiger partial charge < -0.3 is 15.1 Å². The van der Waals surface area contributed by atoms with Gasteiger partial charge in [-0.15, -0.1) is 0 Å². The van der Waals surface area contributed by atoms with Gasteiger partial charge in [0.2, 0.25) is 0 Å². The summed E-state index contributed by atoms with van der Waals surface area (Å²) in [6.45, 7) is 0. The number of phenols is 1. The molecule has 8 heteroatoms. The lowest BCUT2D eigenvalue weighted by Crippen LogP contribution is -2.13. The van der Waals surface area contributed by atoms with E-state index in [-0.39, 0.29) is 16.2 Å². The molecule has 0 unspecified atom stereocenters. The number of hydrogen-bond acceptors (Lipinski definition) is 4. The minimum atomic E-state index is -3.81. The fraction of sp³-hybridized carbons (Fsp3) is 0. The van der Waals surface area contributed by atoms with Crippen molar-refractivity contribution < 1.29 is 13.5 Å². The molecule has 0 aliphatic carbocycles. The molecule has 0 aliphatic rings. The highest BCUT2D eigenvalue weighted by molar-refractivity contribution is 7.92. The van der Waals surface area contributed by atoms with Gasteiger partial charge in [0.25, 0.3) is 15.6 Å². The number of nitrogens with one attached hydrogen (secondary N) is 3. The van der Waals surface area contributed by atoms with E-state index in [1.807, 2.05) is 0 Å². The van der Waals surface area contributed by atoms with Gasteiger partial charge in [-0.25, -0.2) is 8.42 Å². The summed E-state index contributed by atoms with van der Waals surface area (Å²) in [6.07, 6.45) is 1.63. The first-order valence-electron chi connectivity index (χ1n) is 7.39. The number of sulfonamides is 1. The van der Waals surface area contributed by atoms with E-state index in [0.717, 1.165) is 0 Å². The lowest BCUT2D eigenvalue weighted by Gasteiger charge is -2.09. The van der Waals surface area contributed by atoms with Gasteiger partial charge in [-0.2, -0.15) is 0 Å². The third-order valence-electron chi connectivity index (χ3n) is 3.93. The smallest absolute Gasteiger partial charge is 0.272 e. The van der Waals surface area contributed by atoms with E-state index in [2.05, 4.69) is 14.7 Å². The Morgan fingerprint density at radius 1 is 0.960 bits per heavy atom. The van der Waals surface area contributed by atoms with Crippen molar-refractivity contribution in [1.29, 1.82) is 0 Å². The van der Waals surface area contributed by atoms with Crippen molar-refractivity contribution in [2.24, 2.45) is 0 Å². The monoisotopic (exact) mass is 355 g/mol. The number of benzene rings is 2. The lowest BCUT2D eigenvalue weighted by atomic mass is 10.1. The van der Waals surface area contributed by atoms with Gasteiger partial charge in [-0.1, -0.05) is 0 Å². The highest BCUT2D eigenvalue weighted by Crippen LogP contribution is 2.25. The second kappa shape index (κ2) is 5.38. The van der Waals surface area contributed by atoms with Crippen molar-refractivity contribution in [2.45, 2.75) is 4.90 Å². The van der Waals surface area contributed by atoms with Gasteiger partial charge >= 0.3 is 0 Å². The molecule has 7 nitrogen and oxygen atoms in total. The first-order chi connectivity index (χ1) is 11.9. The molecule has 25 heavy (non-hydrogen) atoms. The fourth-order valence-corrected chi connectivity index (χ4v) is 3.82. The number of rotatable bonds is 3. The third kappa shape index (κ3) is 2.62. The molecule has 126 valence electrons. The minimum Gasteiger partial charge on any atom is -0.508 e. The third-order valence-corrected chi connectivity index (χ3v) is 5.31. The van der Waals surface area contributed by atoms with E-state index in [0.29, 0.717) is 27.5 Å². The number of fused-ring (bicyclic) bond motifs is 3. The molecule has 0 fully saturated rings. The van der Waals surface area contributed by atoms with Crippen molar-refractivity contribution in [3.63, 3.8) is 0 Å². The number of anilines is 1. The summed E-state index contributed by atoms with van der Waals surface area (Å²) in [5.41, 5.74) is 1.03. The average molecular weight is 355 g/mol. The van der Waals surface area contributed by atoms with Crippen LogP contribution in [0.4, 0.5) is 5.69 Å². The second-order valence-electron chi connectivity index (χ2n) is 5.58. The number of pyridine rings is 1. The maximum absolute atomic E-state index is 12.6. The fourth-order valence-electron chi connectivity index (χ4n) is 2.73. The molecule has 0 atom stereocenters. The summed E-state index contributed by atoms with van der Waals surface area (Å²) >= 11 is 0. The van der Waals surface area contributed by atoms with Gasteiger partial charge in [0, 0.05) is 28.2 Å². The Labute approximate surface area is 142 Å². The summed E-state index contributed by atoms with van der Waals surface area (Å²) in [5, 5.41) is 10.6. The molecular weight excluding hydrogens is 342 g/mol. The van der Waals surface area contributed by atoms with Crippen LogP contribution in [0, 0.1) is 0 Å². The van der Waals surface area contributed by atoms with Crippen molar-refractivity contribution in [2.75, 3.05) is 4.72 Å². The summed E-state index contributed by atoms with van der Waals surface area (Å²) in [7, 11) is -3.81. The molecule has 0 radical (unpaired) electrons. The lowest BCUT2D eigenvalue weighted by molar-refractivity contribution is 0.475. The van der Waals surface area contributed by atoms with Gasteiger partial charge in [-0.3, -0.25) is 9.52 Å². The average Bonchev–Trinajstić information content (AvgIpc) is 3.07. The minimum absolute atomic E-state index is 0.0486. The summed E-state index contributed by atoms with van der Waals surface area (Å²) in [4.78, 5) is 17.6. The Balaban J connectivity index is 1.84. The molecule has 0 saturated heterocycles. The SMILES string of the molecule is O=c1[nH]c2ccc(S(=O)(=O)Nc3ccc(O)cc3)cc2c2cc[nH]c12. The Morgan fingerprint density at radius 3 is 2.48 bits per heavy atom. The molecule has 0 spiro atoms. The molecule has 4 aromatic rings. The van der Waals surface area contributed by atoms with Gasteiger partial charge in [0.15, 0.2) is 0 Å². The van der Waals surface area contributed by atoms with Crippen molar-refractivity contribution in [1.82, 2.24) is 9.97 Å². The topological polar surface area (TPSA) is 115 Å². The van der Waals surface area contributed by atoms with Crippen molar-refractivity contribution >= 4 is 37.5 Å². The predicted molar refractivity (Wildman–Crippen MR) is 95.3 cm³/mol. The normalized spacial score (nSPS) is 11.8. The predicted octanol–water partition coefficient (Wildman–Crippen LogP) is 2.52. The zero-order chi connectivity index (χ0) is 17.6. The zero-order valence-electron chi connectivity index (χ0n) is 12.8. The summed E-state index contributed by atoms with van der Waals surface area (Å²) < 4.78 is 27.7. The van der Waals surface area contributed by atoms with Crippen LogP contribution in [0.3, 0.4) is 0 Å². The molecule has 2 heterocycles. The van der Waals surface area contributed by atoms with E-state index in [1.54, 1.807) is 18.3 Å². The first-order valence-corrected chi connectivity index (χ1v) is 8.87. The molecule has 0 aliphatic heterocycles. The molecule has 0 amide bonds. The highest BCUT2D eigenvalue weighted by atomic mass is 32.2. The van der Waals surface area contributed by atoms with Crippen LogP contribution in [0.2, 0.25) is 0 Å². The molecule has 0 bridgehead atoms. The maximum atomic E-state index is 12.6. The molecule has 2 aromatic carbocycles. The van der Waals surface area contributed by atoms with Crippen LogP contribution < -0.4 is 10.3 Å². The Morgan fingerprint density at radius 2 is 1.72 bits per heavy atom. The molecule has 2 aromatic heterocycles. The Bertz CT molecular complexity index is 1250. The Kier molecular flexibility index (Phi) is 3.29. The van der Waals surface area contributed by atoms with Crippen LogP contribution in [0.25, 0.3) is 21.8 Å². The summed E-state index contributed by atoms with van der Waals surface area (Å²) in [5.74, 6) is 0.0486. The van der Waals surface area contributed by atoms with Gasteiger partial charge in [0.05, 0.1) is 4.90 Å². The van der Waals surface area contributed by atoms with Crippen LogP contribution in [0.15, 0.2) is 64.4 Å². The van der Waals surface area contributed by atoms with Crippen molar-refractivity contribution in [3.8, 4) is 5.75 Å². The standard InChI is InChI=1S/C17H13N3O4S/c21-11-3-1-10(2-4-11)20-25(23,24)12-5-6-15-14(9-12)13-7-8-18-16(13)17(22)19-15/h1-9,18,20-21H,(H,19,22). The van der Waals surface area contributed by atoms with E-state index >= 15 is 0 Å². The van der Waals surface area contributed by atoms with Crippen LogP contribution in [0.1, 0.15) is 0 Å². The number of aromatic hydroxyl groups is 1. The second-order valence-corrected chi connectivity index (χ2v) is 7.26. The first kappa shape index (κ1) is 15.3. The number of aromatic amines is 2. The number of aromatic nitrogens is 2. The van der Waals surface area contributed by atoms with Crippen LogP contribution in [-0.4, -0.2) is 23.5 Å². The molecular formula is C17H13N3O4S. The van der Waals surface area contributed by atoms with Crippen molar-refractivity contribution in [3.05, 3.63) is 65.1 Å². The Hall–Kier alpha value is -3.26. The van der Waals surface area contributed by atoms with E-state index in [1.165, 1.54) is 36.4 Å². The van der Waals surface area contributed by atoms with Gasteiger partial charge in [-0.05, 0) is 48.5 Å². The van der Waals surface area contributed by atoms with E-state index in [9.17, 15) is 18.3 Å². The summed E-state index contributed by atoms with van der Waals surface area (Å²) in [6, 6.07) is 12.0. The van der Waals surface area contributed by atoms with Crippen LogP contribution in [0.5, 0.6) is 5.75 Å². The van der Waals surface area contributed by atoms with Gasteiger partial charge in [0.1, 0.15) is 11.3 Å². The molecule has 4 rings (SSSR count). The van der Waals surface area contributed by atoms with Crippen LogP contribution >= 0.6 is 0 Å². The number of phenolic OH excluding ortho intramolecular Hbond substituents is 1. The molecule has 4 N–H and O–H groups in total. The molecule has 0 saturated carbocycles. The van der Waals surface area contributed by atoms with Crippen LogP contribution in [-0.2, 0) is 10.0 Å². The van der Waals surface area contributed by atoms with E-state index < -0.39 is 10.0 Å². The quantitative estimate of drug-likeness (QED) is 0.423. The van der Waals surface area contributed by atoms with E-state index in [4.69, 9.17) is 0 Å². The number of H-pyrrole nitrogens is 2. The number of hydrogen-bond donors (Lipinski definition) is 4.